The molecule has 0 bridgehead atoms. The molecule has 81 valence electrons. The van der Waals surface area contributed by atoms with Gasteiger partial charge in [0.2, 0.25) is 0 Å². The third-order valence-electron chi connectivity index (χ3n) is 2.22. The van der Waals surface area contributed by atoms with Gasteiger partial charge in [-0.2, -0.15) is 0 Å². The van der Waals surface area contributed by atoms with Crippen LogP contribution in [0.2, 0.25) is 0 Å². The third kappa shape index (κ3) is 2.70. The van der Waals surface area contributed by atoms with Gasteiger partial charge in [0, 0.05) is 10.4 Å². The molecule has 0 aliphatic heterocycles. The van der Waals surface area contributed by atoms with E-state index in [2.05, 4.69) is 12.2 Å². The zero-order chi connectivity index (χ0) is 11.4. The van der Waals surface area contributed by atoms with Crippen molar-refractivity contribution in [2.75, 3.05) is 0 Å². The first-order valence-electron chi connectivity index (χ1n) is 4.98. The minimum absolute atomic E-state index is 0.0478. The van der Waals surface area contributed by atoms with Gasteiger partial charge >= 0.3 is 0 Å². The summed E-state index contributed by atoms with van der Waals surface area (Å²) in [6.45, 7) is 4.36. The summed E-state index contributed by atoms with van der Waals surface area (Å²) in [5, 5.41) is 4.87. The second-order valence-corrected chi connectivity index (χ2v) is 4.49. The topological polar surface area (TPSA) is 29.1 Å². The minimum Gasteiger partial charge on any atom is -0.347 e. The predicted molar refractivity (Wildman–Crippen MR) is 66.4 cm³/mol. The maximum atomic E-state index is 11.7. The van der Waals surface area contributed by atoms with Crippen LogP contribution in [0.1, 0.15) is 20.8 Å². The van der Waals surface area contributed by atoms with Gasteiger partial charge in [0.1, 0.15) is 0 Å². The van der Waals surface area contributed by atoms with Crippen molar-refractivity contribution in [1.82, 2.24) is 5.32 Å². The van der Waals surface area contributed by atoms with E-state index in [0.717, 1.165) is 10.4 Å². The molecule has 16 heavy (non-hydrogen) atoms. The Kier molecular flexibility index (Phi) is 3.37. The van der Waals surface area contributed by atoms with Crippen LogP contribution >= 0.6 is 11.3 Å². The summed E-state index contributed by atoms with van der Waals surface area (Å²) in [4.78, 5) is 12.9. The Morgan fingerprint density at radius 3 is 2.62 bits per heavy atom. The molecule has 0 saturated carbocycles. The fraction of sp³-hybridized carbons (Fsp3) is 0.0769. The van der Waals surface area contributed by atoms with Gasteiger partial charge in [0.05, 0.1) is 6.54 Å². The molecule has 0 aliphatic carbocycles. The van der Waals surface area contributed by atoms with Crippen molar-refractivity contribution < 1.29 is 4.79 Å². The van der Waals surface area contributed by atoms with Crippen LogP contribution in [0, 0.1) is 6.92 Å². The molecule has 0 aliphatic rings. The first kappa shape index (κ1) is 10.9. The van der Waals surface area contributed by atoms with Crippen LogP contribution in [-0.2, 0) is 6.54 Å². The zero-order valence-electron chi connectivity index (χ0n) is 8.77. The van der Waals surface area contributed by atoms with Gasteiger partial charge in [0.15, 0.2) is 0 Å². The second kappa shape index (κ2) is 4.94. The summed E-state index contributed by atoms with van der Waals surface area (Å²) in [5.41, 5.74) is 1.58. The number of thiophene rings is 1. The fourth-order valence-corrected chi connectivity index (χ4v) is 1.98. The Hall–Kier alpha value is -1.61. The van der Waals surface area contributed by atoms with E-state index in [1.807, 2.05) is 29.6 Å². The Morgan fingerprint density at radius 1 is 1.25 bits per heavy atom. The zero-order valence-corrected chi connectivity index (χ0v) is 9.59. The number of hydrogen-bond acceptors (Lipinski definition) is 2. The van der Waals surface area contributed by atoms with Crippen LogP contribution in [0.25, 0.3) is 0 Å². The van der Waals surface area contributed by atoms with Gasteiger partial charge in [-0.3, -0.25) is 4.79 Å². The molecule has 2 aromatic rings. The second-order valence-electron chi connectivity index (χ2n) is 3.46. The summed E-state index contributed by atoms with van der Waals surface area (Å²) >= 11 is 1.64. The van der Waals surface area contributed by atoms with Crippen molar-refractivity contribution >= 4 is 17.2 Å². The lowest BCUT2D eigenvalue weighted by atomic mass is 10.1. The summed E-state index contributed by atoms with van der Waals surface area (Å²) in [6, 6.07) is 11.2. The fourth-order valence-electron chi connectivity index (χ4n) is 1.34. The summed E-state index contributed by atoms with van der Waals surface area (Å²) < 4.78 is 0. The monoisotopic (exact) mass is 230 g/mol. The van der Waals surface area contributed by atoms with Crippen LogP contribution < -0.4 is 5.32 Å². The Bertz CT molecular complexity index is 459. The predicted octanol–water partition coefficient (Wildman–Crippen LogP) is 2.86. The van der Waals surface area contributed by atoms with Crippen molar-refractivity contribution in [2.24, 2.45) is 0 Å². The largest absolute Gasteiger partial charge is 0.347 e. The molecule has 0 atom stereocenters. The Morgan fingerprint density at radius 2 is 2.00 bits per heavy atom. The average molecular weight is 230 g/mol. The molecule has 1 N–H and O–H groups in total. The van der Waals surface area contributed by atoms with E-state index < -0.39 is 0 Å². The average Bonchev–Trinajstić information content (AvgIpc) is 2.80. The Balaban J connectivity index is 1.95. The highest BCUT2D eigenvalue weighted by atomic mass is 32.1. The molecular weight excluding hydrogens is 218 g/mol. The van der Waals surface area contributed by atoms with E-state index in [0.29, 0.717) is 12.1 Å². The van der Waals surface area contributed by atoms with Gasteiger partial charge in [0.25, 0.3) is 5.91 Å². The number of hydrogen-bond donors (Lipinski definition) is 1. The van der Waals surface area contributed by atoms with Gasteiger partial charge in [-0.25, -0.2) is 0 Å². The number of rotatable bonds is 3. The standard InChI is InChI=1S/C13H12NOS/c1-10-4-6-11(7-5-10)13(15)14-9-12-3-2-8-16-12/h2-8H,1,9H2,(H,14,15). The molecule has 0 spiro atoms. The molecule has 2 nitrogen and oxygen atoms in total. The first-order chi connectivity index (χ1) is 7.75. The molecule has 1 aromatic heterocycles. The number of amides is 1. The number of benzene rings is 1. The van der Waals surface area contributed by atoms with Gasteiger partial charge in [-0.1, -0.05) is 18.2 Å². The highest BCUT2D eigenvalue weighted by molar-refractivity contribution is 7.09. The smallest absolute Gasteiger partial charge is 0.251 e. The molecule has 2 rings (SSSR count). The molecule has 0 unspecified atom stereocenters. The van der Waals surface area contributed by atoms with Crippen LogP contribution in [0.5, 0.6) is 0 Å². The maximum absolute atomic E-state index is 11.7. The first-order valence-corrected chi connectivity index (χ1v) is 5.86. The quantitative estimate of drug-likeness (QED) is 0.863. The van der Waals surface area contributed by atoms with Crippen LogP contribution in [0.15, 0.2) is 41.8 Å². The molecule has 1 aromatic carbocycles. The van der Waals surface area contributed by atoms with Gasteiger partial charge < -0.3 is 5.32 Å². The molecule has 1 amide bonds. The van der Waals surface area contributed by atoms with Crippen molar-refractivity contribution in [3.8, 4) is 0 Å². The normalized spacial score (nSPS) is 10.1. The van der Waals surface area contributed by atoms with Crippen LogP contribution in [0.4, 0.5) is 0 Å². The highest BCUT2D eigenvalue weighted by Gasteiger charge is 2.04. The minimum atomic E-state index is -0.0478. The van der Waals surface area contributed by atoms with Crippen LogP contribution in [-0.4, -0.2) is 5.91 Å². The van der Waals surface area contributed by atoms with Crippen molar-refractivity contribution in [1.29, 1.82) is 0 Å². The van der Waals surface area contributed by atoms with E-state index in [9.17, 15) is 4.79 Å². The lowest BCUT2D eigenvalue weighted by Gasteiger charge is -2.03. The maximum Gasteiger partial charge on any atom is 0.251 e. The lowest BCUT2D eigenvalue weighted by Crippen LogP contribution is -2.22. The number of carbonyl (C=O) groups is 1. The lowest BCUT2D eigenvalue weighted by molar-refractivity contribution is 0.0951. The summed E-state index contributed by atoms with van der Waals surface area (Å²) in [5.74, 6) is -0.0478. The summed E-state index contributed by atoms with van der Waals surface area (Å²) in [7, 11) is 0. The van der Waals surface area contributed by atoms with E-state index >= 15 is 0 Å². The van der Waals surface area contributed by atoms with Gasteiger partial charge in [-0.15, -0.1) is 11.3 Å². The van der Waals surface area contributed by atoms with E-state index in [1.54, 1.807) is 23.5 Å². The molecule has 1 radical (unpaired) electrons. The van der Waals surface area contributed by atoms with E-state index in [4.69, 9.17) is 0 Å². The number of carbonyl (C=O) groups excluding carboxylic acids is 1. The molecule has 0 fully saturated rings. The van der Waals surface area contributed by atoms with E-state index in [-0.39, 0.29) is 5.91 Å². The Labute approximate surface area is 98.9 Å². The molecular formula is C13H12NOS. The molecule has 1 heterocycles. The van der Waals surface area contributed by atoms with E-state index in [1.165, 1.54) is 0 Å². The van der Waals surface area contributed by atoms with Gasteiger partial charge in [-0.05, 0) is 36.1 Å². The molecule has 0 saturated heterocycles. The van der Waals surface area contributed by atoms with Crippen molar-refractivity contribution in [3.05, 3.63) is 64.7 Å². The number of nitrogens with one attached hydrogen (secondary N) is 1. The SMILES string of the molecule is [CH2]c1ccc(C(=O)NCc2cccs2)cc1. The van der Waals surface area contributed by atoms with Crippen LogP contribution in [0.3, 0.4) is 0 Å². The van der Waals surface area contributed by atoms with Crippen molar-refractivity contribution in [3.63, 3.8) is 0 Å². The highest BCUT2D eigenvalue weighted by Crippen LogP contribution is 2.08. The third-order valence-corrected chi connectivity index (χ3v) is 3.10. The molecule has 3 heteroatoms. The van der Waals surface area contributed by atoms with Crippen molar-refractivity contribution in [2.45, 2.75) is 6.54 Å². The summed E-state index contributed by atoms with van der Waals surface area (Å²) in [6.07, 6.45) is 0.